The second-order valence-electron chi connectivity index (χ2n) is 5.39. The average molecular weight is 239 g/mol. The lowest BCUT2D eigenvalue weighted by Gasteiger charge is -2.26. The van der Waals surface area contributed by atoms with E-state index in [0.717, 1.165) is 6.42 Å². The Labute approximate surface area is 110 Å². The van der Waals surface area contributed by atoms with Crippen LogP contribution in [0.2, 0.25) is 0 Å². The molecule has 2 rings (SSSR count). The maximum absolute atomic E-state index is 6.51. The first-order chi connectivity index (χ1) is 8.49. The van der Waals surface area contributed by atoms with E-state index in [0.29, 0.717) is 0 Å². The van der Waals surface area contributed by atoms with Gasteiger partial charge in [0.05, 0.1) is 0 Å². The number of benzene rings is 2. The minimum atomic E-state index is -0.321. The highest BCUT2D eigenvalue weighted by Crippen LogP contribution is 2.24. The molecule has 1 heteroatoms. The van der Waals surface area contributed by atoms with E-state index < -0.39 is 0 Å². The number of hydrogen-bond acceptors (Lipinski definition) is 1. The molecule has 2 aromatic rings. The molecule has 0 fully saturated rings. The van der Waals surface area contributed by atoms with Gasteiger partial charge in [-0.25, -0.2) is 0 Å². The Morgan fingerprint density at radius 2 is 1.72 bits per heavy atom. The molecule has 0 aliphatic heterocycles. The van der Waals surface area contributed by atoms with Crippen molar-refractivity contribution in [2.24, 2.45) is 5.73 Å². The van der Waals surface area contributed by atoms with Gasteiger partial charge in [0.25, 0.3) is 0 Å². The molecule has 0 spiro atoms. The predicted molar refractivity (Wildman–Crippen MR) is 77.6 cm³/mol. The number of rotatable bonds is 3. The molecule has 0 aliphatic carbocycles. The minimum Gasteiger partial charge on any atom is -0.321 e. The zero-order valence-corrected chi connectivity index (χ0v) is 11.4. The maximum atomic E-state index is 6.51. The quantitative estimate of drug-likeness (QED) is 0.868. The Morgan fingerprint density at radius 3 is 2.39 bits per heavy atom. The fraction of sp³-hybridized carbons (Fsp3) is 0.294. The third kappa shape index (κ3) is 2.80. The van der Waals surface area contributed by atoms with E-state index in [1.165, 1.54) is 22.3 Å². The van der Waals surface area contributed by atoms with Crippen LogP contribution in [0.5, 0.6) is 0 Å². The third-order valence-electron chi connectivity index (χ3n) is 3.50. The van der Waals surface area contributed by atoms with Crippen LogP contribution in [0.4, 0.5) is 0 Å². The largest absolute Gasteiger partial charge is 0.321 e. The summed E-state index contributed by atoms with van der Waals surface area (Å²) >= 11 is 0. The summed E-state index contributed by atoms with van der Waals surface area (Å²) in [4.78, 5) is 0. The molecule has 0 amide bonds. The first kappa shape index (κ1) is 12.8. The zero-order valence-electron chi connectivity index (χ0n) is 11.4. The van der Waals surface area contributed by atoms with E-state index in [1.807, 2.05) is 0 Å². The van der Waals surface area contributed by atoms with E-state index in [4.69, 9.17) is 5.73 Å². The Kier molecular flexibility index (Phi) is 3.53. The van der Waals surface area contributed by atoms with Gasteiger partial charge >= 0.3 is 0 Å². The van der Waals surface area contributed by atoms with Crippen molar-refractivity contribution >= 4 is 0 Å². The van der Waals surface area contributed by atoms with Gasteiger partial charge in [-0.2, -0.15) is 0 Å². The van der Waals surface area contributed by atoms with Crippen LogP contribution in [0.15, 0.2) is 48.5 Å². The van der Waals surface area contributed by atoms with Crippen LogP contribution in [-0.4, -0.2) is 0 Å². The average Bonchev–Trinajstić information content (AvgIpc) is 2.32. The van der Waals surface area contributed by atoms with Gasteiger partial charge < -0.3 is 5.73 Å². The first-order valence-electron chi connectivity index (χ1n) is 6.39. The zero-order chi connectivity index (χ0) is 13.2. The summed E-state index contributed by atoms with van der Waals surface area (Å²) < 4.78 is 0. The molecule has 18 heavy (non-hydrogen) atoms. The van der Waals surface area contributed by atoms with Crippen LogP contribution in [0, 0.1) is 13.8 Å². The molecule has 2 aromatic carbocycles. The first-order valence-corrected chi connectivity index (χ1v) is 6.39. The molecule has 0 radical (unpaired) electrons. The molecule has 0 saturated heterocycles. The third-order valence-corrected chi connectivity index (χ3v) is 3.50. The maximum Gasteiger partial charge on any atom is 0.0422 e. The van der Waals surface area contributed by atoms with E-state index in [1.54, 1.807) is 0 Å². The summed E-state index contributed by atoms with van der Waals surface area (Å²) in [5.41, 5.74) is 11.3. The molecule has 2 N–H and O–H groups in total. The highest BCUT2D eigenvalue weighted by Gasteiger charge is 2.22. The van der Waals surface area contributed by atoms with Gasteiger partial charge in [-0.15, -0.1) is 0 Å². The Bertz CT molecular complexity index is 541. The Morgan fingerprint density at radius 1 is 1.00 bits per heavy atom. The monoisotopic (exact) mass is 239 g/mol. The molecule has 0 bridgehead atoms. The van der Waals surface area contributed by atoms with Gasteiger partial charge in [-0.05, 0) is 43.9 Å². The van der Waals surface area contributed by atoms with Crippen molar-refractivity contribution in [3.05, 3.63) is 70.8 Å². The van der Waals surface area contributed by atoms with Crippen LogP contribution in [-0.2, 0) is 12.0 Å². The summed E-state index contributed by atoms with van der Waals surface area (Å²) in [5, 5.41) is 0. The number of nitrogens with two attached hydrogens (primary N) is 1. The molecule has 0 saturated carbocycles. The number of aryl methyl sites for hydroxylation is 2. The van der Waals surface area contributed by atoms with Gasteiger partial charge in [0.2, 0.25) is 0 Å². The fourth-order valence-electron chi connectivity index (χ4n) is 2.31. The predicted octanol–water partition coefficient (Wildman–Crippen LogP) is 3.72. The Hall–Kier alpha value is -1.60. The smallest absolute Gasteiger partial charge is 0.0422 e. The van der Waals surface area contributed by atoms with E-state index in [2.05, 4.69) is 69.3 Å². The lowest BCUT2D eigenvalue weighted by atomic mass is 9.85. The highest BCUT2D eigenvalue weighted by molar-refractivity contribution is 5.33. The molecule has 0 aromatic heterocycles. The SMILES string of the molecule is Cc1cccc(C(C)(N)Cc2ccccc2C)c1. The number of hydrogen-bond donors (Lipinski definition) is 1. The van der Waals surface area contributed by atoms with Gasteiger partial charge in [0, 0.05) is 5.54 Å². The van der Waals surface area contributed by atoms with Crippen molar-refractivity contribution < 1.29 is 0 Å². The van der Waals surface area contributed by atoms with Gasteiger partial charge in [0.15, 0.2) is 0 Å². The van der Waals surface area contributed by atoms with Crippen LogP contribution in [0.25, 0.3) is 0 Å². The lowest BCUT2D eigenvalue weighted by Crippen LogP contribution is -2.35. The lowest BCUT2D eigenvalue weighted by molar-refractivity contribution is 0.490. The molecular formula is C17H21N. The molecule has 1 nitrogen and oxygen atoms in total. The van der Waals surface area contributed by atoms with Gasteiger partial charge in [-0.3, -0.25) is 0 Å². The summed E-state index contributed by atoms with van der Waals surface area (Å²) in [6.45, 7) is 6.35. The van der Waals surface area contributed by atoms with Crippen LogP contribution in [0.3, 0.4) is 0 Å². The molecule has 0 aliphatic rings. The van der Waals surface area contributed by atoms with Crippen LogP contribution < -0.4 is 5.73 Å². The second kappa shape index (κ2) is 4.95. The van der Waals surface area contributed by atoms with Gasteiger partial charge in [0.1, 0.15) is 0 Å². The molecule has 1 atom stereocenters. The molecule has 1 unspecified atom stereocenters. The highest BCUT2D eigenvalue weighted by atomic mass is 14.7. The summed E-state index contributed by atoms with van der Waals surface area (Å²) in [6, 6.07) is 16.9. The van der Waals surface area contributed by atoms with Crippen LogP contribution >= 0.6 is 0 Å². The fourth-order valence-corrected chi connectivity index (χ4v) is 2.31. The topological polar surface area (TPSA) is 26.0 Å². The van der Waals surface area contributed by atoms with Crippen molar-refractivity contribution in [3.63, 3.8) is 0 Å². The summed E-state index contributed by atoms with van der Waals surface area (Å²) in [6.07, 6.45) is 0.864. The second-order valence-corrected chi connectivity index (χ2v) is 5.39. The van der Waals surface area contributed by atoms with E-state index in [9.17, 15) is 0 Å². The molecule has 94 valence electrons. The normalized spacial score (nSPS) is 14.2. The summed E-state index contributed by atoms with van der Waals surface area (Å²) in [5.74, 6) is 0. The van der Waals surface area contributed by atoms with Crippen molar-refractivity contribution in [3.8, 4) is 0 Å². The Balaban J connectivity index is 2.30. The van der Waals surface area contributed by atoms with E-state index in [-0.39, 0.29) is 5.54 Å². The minimum absolute atomic E-state index is 0.321. The summed E-state index contributed by atoms with van der Waals surface area (Å²) in [7, 11) is 0. The van der Waals surface area contributed by atoms with E-state index >= 15 is 0 Å². The van der Waals surface area contributed by atoms with Gasteiger partial charge in [-0.1, -0.05) is 54.1 Å². The van der Waals surface area contributed by atoms with Crippen molar-refractivity contribution in [1.82, 2.24) is 0 Å². The molecule has 0 heterocycles. The van der Waals surface area contributed by atoms with Crippen molar-refractivity contribution in [2.45, 2.75) is 32.7 Å². The van der Waals surface area contributed by atoms with Crippen molar-refractivity contribution in [2.75, 3.05) is 0 Å². The van der Waals surface area contributed by atoms with Crippen molar-refractivity contribution in [1.29, 1.82) is 0 Å². The standard InChI is InChI=1S/C17H21N/c1-13-7-6-10-16(11-13)17(3,18)12-15-9-5-4-8-14(15)2/h4-11H,12,18H2,1-3H3. The molecular weight excluding hydrogens is 218 g/mol. The van der Waals surface area contributed by atoms with Crippen LogP contribution in [0.1, 0.15) is 29.2 Å².